The first-order chi connectivity index (χ1) is 21.8. The second-order valence-corrected chi connectivity index (χ2v) is 12.2. The summed E-state index contributed by atoms with van der Waals surface area (Å²) in [5, 5.41) is 2.88. The van der Waals surface area contributed by atoms with Gasteiger partial charge in [0, 0.05) is 25.1 Å². The molecule has 45 heavy (non-hydrogen) atoms. The standard InChI is InChI=1S/C35H38FN3O5S/c1-3-23-37-35(41)32(24-27-15-7-5-8-16-27)38(25-28-17-11-12-20-30(28)36)34(40)26-39(31-21-13-14-22-33(31)44-4-2)45(42,43)29-18-9-6-10-19-29/h5-22,32H,3-4,23-26H2,1-2H3,(H,37,41)/t32-/m1/s1. The van der Waals surface area contributed by atoms with E-state index in [4.69, 9.17) is 4.74 Å². The third kappa shape index (κ3) is 8.48. The molecule has 0 saturated carbocycles. The molecule has 0 radical (unpaired) electrons. The van der Waals surface area contributed by atoms with Crippen molar-refractivity contribution in [2.45, 2.75) is 44.2 Å². The number of carbonyl (C=O) groups excluding carboxylic acids is 2. The van der Waals surface area contributed by atoms with Crippen LogP contribution in [0.15, 0.2) is 114 Å². The van der Waals surface area contributed by atoms with Crippen molar-refractivity contribution in [2.75, 3.05) is 24.0 Å². The van der Waals surface area contributed by atoms with E-state index in [1.807, 2.05) is 37.3 Å². The largest absolute Gasteiger partial charge is 0.492 e. The van der Waals surface area contributed by atoms with E-state index in [2.05, 4.69) is 5.32 Å². The van der Waals surface area contributed by atoms with Crippen molar-refractivity contribution in [3.8, 4) is 5.75 Å². The number of benzene rings is 4. The van der Waals surface area contributed by atoms with Crippen molar-refractivity contribution in [3.63, 3.8) is 0 Å². The molecule has 1 N–H and O–H groups in total. The van der Waals surface area contributed by atoms with Crippen LogP contribution in [0.5, 0.6) is 5.75 Å². The molecular formula is C35H38FN3O5S. The Hall–Kier alpha value is -4.70. The van der Waals surface area contributed by atoms with Gasteiger partial charge in [-0.05, 0) is 49.2 Å². The number of halogens is 1. The van der Waals surface area contributed by atoms with Crippen LogP contribution in [-0.4, -0.2) is 50.9 Å². The Morgan fingerprint density at radius 2 is 1.47 bits per heavy atom. The molecule has 0 aromatic heterocycles. The van der Waals surface area contributed by atoms with E-state index >= 15 is 4.39 Å². The molecule has 0 bridgehead atoms. The van der Waals surface area contributed by atoms with Crippen LogP contribution in [0.3, 0.4) is 0 Å². The van der Waals surface area contributed by atoms with Crippen molar-refractivity contribution >= 4 is 27.5 Å². The summed E-state index contributed by atoms with van der Waals surface area (Å²) < 4.78 is 50.1. The van der Waals surface area contributed by atoms with Gasteiger partial charge in [-0.15, -0.1) is 0 Å². The summed E-state index contributed by atoms with van der Waals surface area (Å²) in [4.78, 5) is 29.4. The van der Waals surface area contributed by atoms with Gasteiger partial charge in [0.05, 0.1) is 17.2 Å². The highest BCUT2D eigenvalue weighted by molar-refractivity contribution is 7.92. The van der Waals surface area contributed by atoms with Crippen LogP contribution in [0, 0.1) is 5.82 Å². The molecule has 4 aromatic carbocycles. The highest BCUT2D eigenvalue weighted by Crippen LogP contribution is 2.33. The number of hydrogen-bond acceptors (Lipinski definition) is 5. The quantitative estimate of drug-likeness (QED) is 0.185. The van der Waals surface area contributed by atoms with Crippen LogP contribution < -0.4 is 14.4 Å². The van der Waals surface area contributed by atoms with Crippen LogP contribution in [-0.2, 0) is 32.6 Å². The topological polar surface area (TPSA) is 96.0 Å². The molecular weight excluding hydrogens is 593 g/mol. The van der Waals surface area contributed by atoms with E-state index < -0.39 is 40.2 Å². The Kier molecular flexibility index (Phi) is 11.7. The van der Waals surface area contributed by atoms with E-state index in [0.29, 0.717) is 13.0 Å². The van der Waals surface area contributed by atoms with Crippen LogP contribution in [0.2, 0.25) is 0 Å². The summed E-state index contributed by atoms with van der Waals surface area (Å²) in [6.45, 7) is 3.41. The van der Waals surface area contributed by atoms with Crippen molar-refractivity contribution in [3.05, 3.63) is 126 Å². The molecule has 10 heteroatoms. The highest BCUT2D eigenvalue weighted by Gasteiger charge is 2.35. The van der Waals surface area contributed by atoms with Gasteiger partial charge in [0.2, 0.25) is 11.8 Å². The molecule has 0 unspecified atom stereocenters. The molecule has 236 valence electrons. The molecule has 0 saturated heterocycles. The lowest BCUT2D eigenvalue weighted by Crippen LogP contribution is -2.53. The van der Waals surface area contributed by atoms with E-state index in [9.17, 15) is 18.0 Å². The summed E-state index contributed by atoms with van der Waals surface area (Å²) in [5.41, 5.74) is 1.15. The Morgan fingerprint density at radius 3 is 2.13 bits per heavy atom. The highest BCUT2D eigenvalue weighted by atomic mass is 32.2. The fraction of sp³-hybridized carbons (Fsp3) is 0.257. The SMILES string of the molecule is CCCNC(=O)[C@@H](Cc1ccccc1)N(Cc1ccccc1F)C(=O)CN(c1ccccc1OCC)S(=O)(=O)c1ccccc1. The van der Waals surface area contributed by atoms with Gasteiger partial charge >= 0.3 is 0 Å². The summed E-state index contributed by atoms with van der Waals surface area (Å²) in [6, 6.07) is 28.5. The second kappa shape index (κ2) is 15.9. The second-order valence-electron chi connectivity index (χ2n) is 10.3. The van der Waals surface area contributed by atoms with E-state index in [1.165, 1.54) is 23.1 Å². The van der Waals surface area contributed by atoms with Gasteiger partial charge in [0.15, 0.2) is 0 Å². The third-order valence-electron chi connectivity index (χ3n) is 7.16. The molecule has 0 aliphatic rings. The zero-order valence-corrected chi connectivity index (χ0v) is 26.3. The minimum absolute atomic E-state index is 0.0220. The van der Waals surface area contributed by atoms with Crippen molar-refractivity contribution < 1.29 is 27.1 Å². The minimum atomic E-state index is -4.29. The number of carbonyl (C=O) groups is 2. The molecule has 0 spiro atoms. The Morgan fingerprint density at radius 1 is 0.844 bits per heavy atom. The molecule has 0 heterocycles. The van der Waals surface area contributed by atoms with Gasteiger partial charge in [-0.3, -0.25) is 13.9 Å². The first-order valence-corrected chi connectivity index (χ1v) is 16.3. The zero-order chi connectivity index (χ0) is 32.2. The number of anilines is 1. The van der Waals surface area contributed by atoms with Gasteiger partial charge < -0.3 is 15.0 Å². The molecule has 1 atom stereocenters. The van der Waals surface area contributed by atoms with Crippen molar-refractivity contribution in [1.29, 1.82) is 0 Å². The predicted molar refractivity (Wildman–Crippen MR) is 173 cm³/mol. The maximum absolute atomic E-state index is 15.0. The Labute approximate surface area is 264 Å². The summed E-state index contributed by atoms with van der Waals surface area (Å²) >= 11 is 0. The van der Waals surface area contributed by atoms with Crippen LogP contribution >= 0.6 is 0 Å². The van der Waals surface area contributed by atoms with Gasteiger partial charge in [-0.25, -0.2) is 12.8 Å². The lowest BCUT2D eigenvalue weighted by Gasteiger charge is -2.34. The van der Waals surface area contributed by atoms with Gasteiger partial charge in [-0.2, -0.15) is 0 Å². The molecule has 4 aromatic rings. The predicted octanol–water partition coefficient (Wildman–Crippen LogP) is 5.59. The number of nitrogens with one attached hydrogen (secondary N) is 1. The average Bonchev–Trinajstić information content (AvgIpc) is 3.06. The smallest absolute Gasteiger partial charge is 0.264 e. The summed E-state index contributed by atoms with van der Waals surface area (Å²) in [6.07, 6.45) is 0.805. The number of ether oxygens (including phenoxy) is 1. The van der Waals surface area contributed by atoms with Crippen LogP contribution in [0.25, 0.3) is 0 Å². The minimum Gasteiger partial charge on any atom is -0.492 e. The first kappa shape index (κ1) is 33.2. The van der Waals surface area contributed by atoms with Crippen LogP contribution in [0.4, 0.5) is 10.1 Å². The zero-order valence-electron chi connectivity index (χ0n) is 25.4. The normalized spacial score (nSPS) is 11.8. The summed E-state index contributed by atoms with van der Waals surface area (Å²) in [7, 11) is -4.29. The van der Waals surface area contributed by atoms with E-state index in [1.54, 1.807) is 67.6 Å². The first-order valence-electron chi connectivity index (χ1n) is 14.9. The molecule has 8 nitrogen and oxygen atoms in total. The van der Waals surface area contributed by atoms with Crippen molar-refractivity contribution in [1.82, 2.24) is 10.2 Å². The van der Waals surface area contributed by atoms with Crippen LogP contribution in [0.1, 0.15) is 31.4 Å². The van der Waals surface area contributed by atoms with E-state index in [-0.39, 0.29) is 41.5 Å². The third-order valence-corrected chi connectivity index (χ3v) is 8.94. The lowest BCUT2D eigenvalue weighted by atomic mass is 10.0. The molecule has 0 aliphatic carbocycles. The van der Waals surface area contributed by atoms with Gasteiger partial charge in [0.25, 0.3) is 10.0 Å². The van der Waals surface area contributed by atoms with Gasteiger partial charge in [0.1, 0.15) is 24.2 Å². The number of amides is 2. The lowest BCUT2D eigenvalue weighted by molar-refractivity contribution is -0.140. The number of nitrogens with zero attached hydrogens (tertiary/aromatic N) is 2. The maximum Gasteiger partial charge on any atom is 0.264 e. The Bertz CT molecular complexity index is 1670. The number of para-hydroxylation sites is 2. The van der Waals surface area contributed by atoms with Gasteiger partial charge in [-0.1, -0.05) is 85.8 Å². The number of sulfonamides is 1. The average molecular weight is 632 g/mol. The maximum atomic E-state index is 15.0. The number of hydrogen-bond donors (Lipinski definition) is 1. The van der Waals surface area contributed by atoms with E-state index in [0.717, 1.165) is 9.87 Å². The fourth-order valence-corrected chi connectivity index (χ4v) is 6.35. The molecule has 0 fully saturated rings. The monoisotopic (exact) mass is 631 g/mol. The fourth-order valence-electron chi connectivity index (χ4n) is 4.90. The molecule has 0 aliphatic heterocycles. The number of rotatable bonds is 15. The Balaban J connectivity index is 1.83. The summed E-state index contributed by atoms with van der Waals surface area (Å²) in [5.74, 6) is -1.37. The van der Waals surface area contributed by atoms with Crippen molar-refractivity contribution in [2.24, 2.45) is 0 Å². The molecule has 2 amide bonds. The molecule has 4 rings (SSSR count).